The average molecular weight is 260 g/mol. The number of nitrogens with one attached hydrogen (secondary N) is 1. The van der Waals surface area contributed by atoms with E-state index in [0.717, 1.165) is 24.8 Å². The Morgan fingerprint density at radius 1 is 1.32 bits per heavy atom. The summed E-state index contributed by atoms with van der Waals surface area (Å²) in [6.07, 6.45) is 2.73. The van der Waals surface area contributed by atoms with Gasteiger partial charge in [-0.25, -0.2) is 0 Å². The fourth-order valence-electron chi connectivity index (χ4n) is 3.44. The zero-order valence-corrected chi connectivity index (χ0v) is 11.8. The van der Waals surface area contributed by atoms with Gasteiger partial charge in [-0.1, -0.05) is 18.2 Å². The molecule has 104 valence electrons. The van der Waals surface area contributed by atoms with E-state index in [0.29, 0.717) is 6.04 Å². The highest BCUT2D eigenvalue weighted by atomic mass is 16.5. The molecule has 2 heterocycles. The average Bonchev–Trinajstić information content (AvgIpc) is 2.83. The summed E-state index contributed by atoms with van der Waals surface area (Å²) in [5, 5.41) is 3.66. The number of piperidine rings is 1. The Balaban J connectivity index is 1.65. The van der Waals surface area contributed by atoms with Crippen molar-refractivity contribution >= 4 is 0 Å². The number of ether oxygens (including phenoxy) is 1. The molecular formula is C16H24N2O. The molecule has 1 aromatic carbocycles. The zero-order valence-electron chi connectivity index (χ0n) is 11.8. The van der Waals surface area contributed by atoms with Gasteiger partial charge < -0.3 is 10.1 Å². The molecule has 2 saturated heterocycles. The van der Waals surface area contributed by atoms with Crippen molar-refractivity contribution in [3.8, 4) is 5.75 Å². The Morgan fingerprint density at radius 2 is 2.21 bits per heavy atom. The van der Waals surface area contributed by atoms with Gasteiger partial charge in [-0.05, 0) is 38.3 Å². The fourth-order valence-corrected chi connectivity index (χ4v) is 3.44. The number of hydrogen-bond donors (Lipinski definition) is 1. The Morgan fingerprint density at radius 3 is 3.05 bits per heavy atom. The third-order valence-corrected chi connectivity index (χ3v) is 4.34. The first-order valence-electron chi connectivity index (χ1n) is 7.53. The van der Waals surface area contributed by atoms with Gasteiger partial charge in [0.2, 0.25) is 0 Å². The normalized spacial score (nSPS) is 27.2. The minimum atomic E-state index is 0.716. The van der Waals surface area contributed by atoms with Crippen LogP contribution in [0.15, 0.2) is 24.3 Å². The van der Waals surface area contributed by atoms with Crippen molar-refractivity contribution in [1.82, 2.24) is 10.2 Å². The number of hydrogen-bond acceptors (Lipinski definition) is 3. The van der Waals surface area contributed by atoms with Crippen molar-refractivity contribution in [2.75, 3.05) is 26.2 Å². The molecule has 2 aliphatic heterocycles. The van der Waals surface area contributed by atoms with E-state index in [9.17, 15) is 0 Å². The van der Waals surface area contributed by atoms with Crippen molar-refractivity contribution < 1.29 is 4.74 Å². The van der Waals surface area contributed by atoms with Crippen molar-refractivity contribution in [3.05, 3.63) is 29.8 Å². The monoisotopic (exact) mass is 260 g/mol. The van der Waals surface area contributed by atoms with Crippen LogP contribution in [0.4, 0.5) is 0 Å². The molecule has 0 saturated carbocycles. The van der Waals surface area contributed by atoms with E-state index in [1.165, 1.54) is 38.0 Å². The van der Waals surface area contributed by atoms with Crippen LogP contribution in [-0.4, -0.2) is 37.2 Å². The second-order valence-corrected chi connectivity index (χ2v) is 5.70. The van der Waals surface area contributed by atoms with E-state index in [2.05, 4.69) is 34.5 Å². The molecule has 0 aliphatic carbocycles. The third kappa shape index (κ3) is 2.93. The topological polar surface area (TPSA) is 24.5 Å². The number of rotatable bonds is 4. The van der Waals surface area contributed by atoms with Crippen LogP contribution in [0.3, 0.4) is 0 Å². The molecule has 1 N–H and O–H groups in total. The van der Waals surface area contributed by atoms with Crippen molar-refractivity contribution in [3.63, 3.8) is 0 Å². The quantitative estimate of drug-likeness (QED) is 0.899. The molecule has 0 unspecified atom stereocenters. The number of benzene rings is 1. The number of likely N-dealkylation sites (tertiary alicyclic amines) is 1. The van der Waals surface area contributed by atoms with Crippen molar-refractivity contribution in [2.24, 2.45) is 5.92 Å². The van der Waals surface area contributed by atoms with Crippen LogP contribution < -0.4 is 10.1 Å². The van der Waals surface area contributed by atoms with Gasteiger partial charge in [0.15, 0.2) is 0 Å². The molecule has 3 nitrogen and oxygen atoms in total. The summed E-state index contributed by atoms with van der Waals surface area (Å²) in [6.45, 7) is 7.42. The second-order valence-electron chi connectivity index (χ2n) is 5.70. The van der Waals surface area contributed by atoms with E-state index >= 15 is 0 Å². The maximum Gasteiger partial charge on any atom is 0.123 e. The van der Waals surface area contributed by atoms with E-state index in [4.69, 9.17) is 4.74 Å². The Hall–Kier alpha value is -1.06. The van der Waals surface area contributed by atoms with Crippen LogP contribution in [-0.2, 0) is 6.54 Å². The molecule has 0 spiro atoms. The van der Waals surface area contributed by atoms with E-state index in [-0.39, 0.29) is 0 Å². The lowest BCUT2D eigenvalue weighted by Gasteiger charge is -2.24. The summed E-state index contributed by atoms with van der Waals surface area (Å²) in [5.74, 6) is 1.90. The second kappa shape index (κ2) is 5.93. The first-order chi connectivity index (χ1) is 9.36. The molecule has 2 aliphatic rings. The summed E-state index contributed by atoms with van der Waals surface area (Å²) in [5.41, 5.74) is 1.32. The summed E-state index contributed by atoms with van der Waals surface area (Å²) in [4.78, 5) is 2.57. The first-order valence-corrected chi connectivity index (χ1v) is 7.53. The van der Waals surface area contributed by atoms with Crippen LogP contribution in [0.25, 0.3) is 0 Å². The molecule has 19 heavy (non-hydrogen) atoms. The van der Waals surface area contributed by atoms with E-state index in [1.807, 2.05) is 6.92 Å². The summed E-state index contributed by atoms with van der Waals surface area (Å²) in [7, 11) is 0. The first kappa shape index (κ1) is 12.9. The predicted octanol–water partition coefficient (Wildman–Crippen LogP) is 2.27. The van der Waals surface area contributed by atoms with E-state index < -0.39 is 0 Å². The zero-order chi connectivity index (χ0) is 13.1. The van der Waals surface area contributed by atoms with Crippen molar-refractivity contribution in [1.29, 1.82) is 0 Å². The molecule has 0 amide bonds. The van der Waals surface area contributed by atoms with Crippen LogP contribution in [0.5, 0.6) is 5.75 Å². The van der Waals surface area contributed by atoms with Gasteiger partial charge in [0.25, 0.3) is 0 Å². The third-order valence-electron chi connectivity index (χ3n) is 4.34. The van der Waals surface area contributed by atoms with E-state index in [1.54, 1.807) is 0 Å². The van der Waals surface area contributed by atoms with Gasteiger partial charge in [0.05, 0.1) is 6.61 Å². The number of para-hydroxylation sites is 1. The minimum absolute atomic E-state index is 0.716. The highest BCUT2D eigenvalue weighted by molar-refractivity contribution is 5.33. The van der Waals surface area contributed by atoms with Gasteiger partial charge >= 0.3 is 0 Å². The van der Waals surface area contributed by atoms with Gasteiger partial charge in [-0.2, -0.15) is 0 Å². The lowest BCUT2D eigenvalue weighted by Crippen LogP contribution is -2.40. The SMILES string of the molecule is CCOc1ccccc1CN1C[C@@H]2CCCN[C@@H]2C1. The van der Waals surface area contributed by atoms with Crippen molar-refractivity contribution in [2.45, 2.75) is 32.4 Å². The molecule has 3 heteroatoms. The van der Waals surface area contributed by atoms with Crippen LogP contribution in [0, 0.1) is 5.92 Å². The Labute approximate surface area is 115 Å². The van der Waals surface area contributed by atoms with Crippen LogP contribution in [0.2, 0.25) is 0 Å². The fraction of sp³-hybridized carbons (Fsp3) is 0.625. The molecule has 2 atom stereocenters. The highest BCUT2D eigenvalue weighted by Crippen LogP contribution is 2.28. The summed E-state index contributed by atoms with van der Waals surface area (Å²) in [6, 6.07) is 9.16. The Bertz CT molecular complexity index is 407. The Kier molecular flexibility index (Phi) is 4.04. The highest BCUT2D eigenvalue weighted by Gasteiger charge is 2.34. The minimum Gasteiger partial charge on any atom is -0.494 e. The summed E-state index contributed by atoms with van der Waals surface area (Å²) >= 11 is 0. The largest absolute Gasteiger partial charge is 0.494 e. The van der Waals surface area contributed by atoms with Crippen LogP contribution >= 0.6 is 0 Å². The van der Waals surface area contributed by atoms with Gasteiger partial charge in [-0.15, -0.1) is 0 Å². The molecule has 3 rings (SSSR count). The van der Waals surface area contributed by atoms with Gasteiger partial charge in [-0.3, -0.25) is 4.90 Å². The number of nitrogens with zero attached hydrogens (tertiary/aromatic N) is 1. The maximum atomic E-state index is 5.72. The molecule has 0 aromatic heterocycles. The molecular weight excluding hydrogens is 236 g/mol. The summed E-state index contributed by atoms with van der Waals surface area (Å²) < 4.78 is 5.72. The lowest BCUT2D eigenvalue weighted by atomic mass is 9.94. The smallest absolute Gasteiger partial charge is 0.123 e. The maximum absolute atomic E-state index is 5.72. The van der Waals surface area contributed by atoms with Crippen LogP contribution in [0.1, 0.15) is 25.3 Å². The van der Waals surface area contributed by atoms with Gasteiger partial charge in [0, 0.05) is 31.2 Å². The molecule has 0 bridgehead atoms. The number of fused-ring (bicyclic) bond motifs is 1. The molecule has 2 fully saturated rings. The molecule has 0 radical (unpaired) electrons. The molecule has 1 aromatic rings. The predicted molar refractivity (Wildman–Crippen MR) is 77.4 cm³/mol. The standard InChI is InChI=1S/C16H24N2O/c1-2-19-16-8-4-3-6-14(16)11-18-10-13-7-5-9-17-15(13)12-18/h3-4,6,8,13,15,17H,2,5,7,9-12H2,1H3/t13-,15+/m0/s1. The van der Waals surface area contributed by atoms with Gasteiger partial charge in [0.1, 0.15) is 5.75 Å². The lowest BCUT2D eigenvalue weighted by molar-refractivity contribution is 0.295.